The molecule has 0 saturated carbocycles. The first-order chi connectivity index (χ1) is 17.6. The molecule has 2 N–H and O–H groups in total. The topological polar surface area (TPSA) is 161 Å². The lowest BCUT2D eigenvalue weighted by Crippen LogP contribution is -2.46. The van der Waals surface area contributed by atoms with Gasteiger partial charge in [0.1, 0.15) is 6.04 Å². The molecule has 3 amide bonds. The summed E-state index contributed by atoms with van der Waals surface area (Å²) in [5.74, 6) is -1.59. The summed E-state index contributed by atoms with van der Waals surface area (Å²) in [6, 6.07) is 18.0. The van der Waals surface area contributed by atoms with E-state index in [0.717, 1.165) is 4.90 Å². The first-order valence-electron chi connectivity index (χ1n) is 11.2. The molecule has 1 heterocycles. The maximum absolute atomic E-state index is 13.5. The molecule has 190 valence electrons. The summed E-state index contributed by atoms with van der Waals surface area (Å²) in [5, 5.41) is 16.1. The number of benzene rings is 3. The fraction of sp³-hybridized carbons (Fsp3) is 0.160. The van der Waals surface area contributed by atoms with Crippen LogP contribution >= 0.6 is 0 Å². The van der Waals surface area contributed by atoms with Crippen LogP contribution in [0.25, 0.3) is 0 Å². The molecule has 0 spiro atoms. The zero-order chi connectivity index (χ0) is 26.7. The van der Waals surface area contributed by atoms with Crippen molar-refractivity contribution in [2.75, 3.05) is 11.4 Å². The van der Waals surface area contributed by atoms with Crippen molar-refractivity contribution in [3.8, 4) is 0 Å². The summed E-state index contributed by atoms with van der Waals surface area (Å²) in [7, 11) is -3.87. The Morgan fingerprint density at radius 2 is 1.62 bits per heavy atom. The Kier molecular flexibility index (Phi) is 7.14. The second-order valence-corrected chi connectivity index (χ2v) is 9.93. The van der Waals surface area contributed by atoms with Crippen LogP contribution in [0.15, 0.2) is 83.8 Å². The number of hydrogen-bond acceptors (Lipinski definition) is 7. The van der Waals surface area contributed by atoms with Crippen molar-refractivity contribution in [3.63, 3.8) is 0 Å². The van der Waals surface area contributed by atoms with Crippen molar-refractivity contribution in [2.24, 2.45) is 5.14 Å². The van der Waals surface area contributed by atoms with Crippen molar-refractivity contribution >= 4 is 39.1 Å². The van der Waals surface area contributed by atoms with Gasteiger partial charge < -0.3 is 4.90 Å². The molecule has 0 radical (unpaired) electrons. The van der Waals surface area contributed by atoms with E-state index in [4.69, 9.17) is 5.14 Å². The Bertz CT molecular complexity index is 1460. The monoisotopic (exact) mass is 522 g/mol. The third kappa shape index (κ3) is 5.55. The molecule has 37 heavy (non-hydrogen) atoms. The number of para-hydroxylation sites is 1. The van der Waals surface area contributed by atoms with Crippen molar-refractivity contribution in [1.29, 1.82) is 0 Å². The van der Waals surface area contributed by atoms with Crippen molar-refractivity contribution in [2.45, 2.75) is 23.8 Å². The number of carbonyl (C=O) groups excluding carboxylic acids is 3. The van der Waals surface area contributed by atoms with E-state index in [9.17, 15) is 32.9 Å². The zero-order valence-electron chi connectivity index (χ0n) is 19.4. The van der Waals surface area contributed by atoms with Crippen LogP contribution in [-0.2, 0) is 26.0 Å². The van der Waals surface area contributed by atoms with E-state index in [-0.39, 0.29) is 35.5 Å². The number of amides is 3. The minimum Gasteiger partial charge on any atom is -0.326 e. The van der Waals surface area contributed by atoms with Crippen molar-refractivity contribution in [1.82, 2.24) is 4.90 Å². The number of hydrogen-bond donors (Lipinski definition) is 1. The second-order valence-electron chi connectivity index (χ2n) is 8.36. The summed E-state index contributed by atoms with van der Waals surface area (Å²) in [4.78, 5) is 52.3. The number of nitrogens with two attached hydrogens (primary N) is 1. The first kappa shape index (κ1) is 25.7. The van der Waals surface area contributed by atoms with Gasteiger partial charge in [-0.1, -0.05) is 30.3 Å². The molecule has 1 atom stereocenters. The number of primary sulfonamides is 1. The highest BCUT2D eigenvalue weighted by molar-refractivity contribution is 7.89. The summed E-state index contributed by atoms with van der Waals surface area (Å²) in [6.07, 6.45) is 0.0176. The van der Waals surface area contributed by atoms with E-state index >= 15 is 0 Å². The van der Waals surface area contributed by atoms with E-state index < -0.39 is 38.7 Å². The van der Waals surface area contributed by atoms with Gasteiger partial charge >= 0.3 is 0 Å². The van der Waals surface area contributed by atoms with Crippen LogP contribution in [0.3, 0.4) is 0 Å². The van der Waals surface area contributed by atoms with Crippen LogP contribution in [0.1, 0.15) is 22.3 Å². The molecule has 0 bridgehead atoms. The number of rotatable bonds is 8. The van der Waals surface area contributed by atoms with Gasteiger partial charge in [-0.3, -0.25) is 24.5 Å². The van der Waals surface area contributed by atoms with Crippen LogP contribution in [0, 0.1) is 10.1 Å². The molecule has 11 nitrogen and oxygen atoms in total. The van der Waals surface area contributed by atoms with Gasteiger partial charge in [-0.25, -0.2) is 18.5 Å². The van der Waals surface area contributed by atoms with Gasteiger partial charge in [0, 0.05) is 24.2 Å². The predicted octanol–water partition coefficient (Wildman–Crippen LogP) is 2.26. The van der Waals surface area contributed by atoms with Gasteiger partial charge in [0.25, 0.3) is 17.5 Å². The average molecular weight is 523 g/mol. The molecule has 3 aromatic carbocycles. The smallest absolute Gasteiger partial charge is 0.269 e. The lowest BCUT2D eigenvalue weighted by molar-refractivity contribution is -0.384. The summed E-state index contributed by atoms with van der Waals surface area (Å²) < 4.78 is 23.0. The number of sulfonamides is 1. The van der Waals surface area contributed by atoms with Crippen LogP contribution < -0.4 is 10.0 Å². The summed E-state index contributed by atoms with van der Waals surface area (Å²) in [5.41, 5.74) is 0.987. The predicted molar refractivity (Wildman–Crippen MR) is 133 cm³/mol. The van der Waals surface area contributed by atoms with Gasteiger partial charge in [0.15, 0.2) is 0 Å². The molecule has 0 aliphatic carbocycles. The fourth-order valence-electron chi connectivity index (χ4n) is 4.09. The highest BCUT2D eigenvalue weighted by atomic mass is 32.2. The summed E-state index contributed by atoms with van der Waals surface area (Å²) >= 11 is 0. The highest BCUT2D eigenvalue weighted by Crippen LogP contribution is 2.27. The minimum atomic E-state index is -3.87. The standard InChI is InChI=1S/C25H22N4O7S/c26-37(35,36)21-12-6-17(7-13-21)14-15-27(24(31)18-8-10-20(11-9-18)29(33)34)22-16-23(30)28(25(22)32)19-4-2-1-3-5-19/h1-13,22H,14-16H2,(H2,26,35,36). The van der Waals surface area contributed by atoms with Crippen LogP contribution in [0.2, 0.25) is 0 Å². The maximum Gasteiger partial charge on any atom is 0.269 e. The Balaban J connectivity index is 1.63. The Morgan fingerprint density at radius 1 is 1.00 bits per heavy atom. The quantitative estimate of drug-likeness (QED) is 0.270. The van der Waals surface area contributed by atoms with E-state index in [1.54, 1.807) is 42.5 Å². The number of imide groups is 1. The van der Waals surface area contributed by atoms with E-state index in [0.29, 0.717) is 11.3 Å². The number of nitro benzene ring substituents is 1. The molecule has 0 aromatic heterocycles. The normalized spacial score (nSPS) is 15.6. The Labute approximate surface area is 212 Å². The van der Waals surface area contributed by atoms with Gasteiger partial charge in [-0.05, 0) is 48.4 Å². The average Bonchev–Trinajstić information content (AvgIpc) is 3.17. The van der Waals surface area contributed by atoms with Gasteiger partial charge in [-0.2, -0.15) is 0 Å². The van der Waals surface area contributed by atoms with E-state index in [1.165, 1.54) is 41.3 Å². The molecule has 3 aromatic rings. The summed E-state index contributed by atoms with van der Waals surface area (Å²) in [6.45, 7) is 0.0247. The lowest BCUT2D eigenvalue weighted by Gasteiger charge is -2.28. The molecule has 1 aliphatic rings. The minimum absolute atomic E-state index is 0.0247. The first-order valence-corrected chi connectivity index (χ1v) is 12.7. The van der Waals surface area contributed by atoms with E-state index in [1.807, 2.05) is 0 Å². The van der Waals surface area contributed by atoms with Crippen LogP contribution in [0.5, 0.6) is 0 Å². The van der Waals surface area contributed by atoms with Gasteiger partial charge in [0.05, 0.1) is 21.9 Å². The van der Waals surface area contributed by atoms with E-state index in [2.05, 4.69) is 0 Å². The van der Waals surface area contributed by atoms with Crippen LogP contribution in [0.4, 0.5) is 11.4 Å². The third-order valence-corrected chi connectivity index (χ3v) is 6.92. The van der Waals surface area contributed by atoms with Crippen LogP contribution in [-0.4, -0.2) is 48.5 Å². The van der Waals surface area contributed by atoms with Crippen molar-refractivity contribution in [3.05, 3.63) is 100 Å². The molecule has 12 heteroatoms. The number of nitrogens with zero attached hydrogens (tertiary/aromatic N) is 3. The molecular weight excluding hydrogens is 500 g/mol. The SMILES string of the molecule is NS(=O)(=O)c1ccc(CCN(C(=O)c2ccc([N+](=O)[O-])cc2)C2CC(=O)N(c3ccccc3)C2=O)cc1. The molecule has 1 aliphatic heterocycles. The number of nitro groups is 1. The molecule has 1 fully saturated rings. The van der Waals surface area contributed by atoms with Gasteiger partial charge in [0.2, 0.25) is 15.9 Å². The Morgan fingerprint density at radius 3 is 2.19 bits per heavy atom. The number of anilines is 1. The molecule has 4 rings (SSSR count). The molecule has 1 saturated heterocycles. The van der Waals surface area contributed by atoms with Crippen molar-refractivity contribution < 1.29 is 27.7 Å². The van der Waals surface area contributed by atoms with Gasteiger partial charge in [-0.15, -0.1) is 0 Å². The fourth-order valence-corrected chi connectivity index (χ4v) is 4.61. The number of non-ortho nitro benzene ring substituents is 1. The number of carbonyl (C=O) groups is 3. The largest absolute Gasteiger partial charge is 0.326 e. The molecule has 1 unspecified atom stereocenters. The molecular formula is C25H22N4O7S. The highest BCUT2D eigenvalue weighted by Gasteiger charge is 2.44. The third-order valence-electron chi connectivity index (χ3n) is 5.99. The second kappa shape index (κ2) is 10.3. The maximum atomic E-state index is 13.5. The Hall–Kier alpha value is -4.42. The lowest BCUT2D eigenvalue weighted by atomic mass is 10.1. The zero-order valence-corrected chi connectivity index (χ0v) is 20.2.